The van der Waals surface area contributed by atoms with Crippen LogP contribution in [-0.2, 0) is 0 Å². The SMILES string of the molecule is Cc1ccc2cc(C(=O)CCS)ccc2c1. The fourth-order valence-electron chi connectivity index (χ4n) is 1.78. The van der Waals surface area contributed by atoms with Gasteiger partial charge in [-0.15, -0.1) is 0 Å². The van der Waals surface area contributed by atoms with Gasteiger partial charge < -0.3 is 0 Å². The van der Waals surface area contributed by atoms with Crippen LogP contribution < -0.4 is 0 Å². The molecule has 0 fully saturated rings. The Morgan fingerprint density at radius 2 is 1.81 bits per heavy atom. The standard InChI is InChI=1S/C14H14OS/c1-10-2-3-12-9-13(14(15)6-7-16)5-4-11(12)8-10/h2-5,8-9,16H,6-7H2,1H3. The van der Waals surface area contributed by atoms with E-state index in [0.717, 1.165) is 10.9 Å². The Morgan fingerprint density at radius 3 is 2.56 bits per heavy atom. The zero-order valence-electron chi connectivity index (χ0n) is 9.23. The van der Waals surface area contributed by atoms with Crippen LogP contribution in [0.25, 0.3) is 10.8 Å². The molecule has 0 unspecified atom stereocenters. The molecule has 2 rings (SSSR count). The second-order valence-corrected chi connectivity index (χ2v) is 4.41. The van der Waals surface area contributed by atoms with Gasteiger partial charge in [-0.2, -0.15) is 12.6 Å². The summed E-state index contributed by atoms with van der Waals surface area (Å²) in [4.78, 5) is 11.7. The van der Waals surface area contributed by atoms with Crippen molar-refractivity contribution in [1.82, 2.24) is 0 Å². The number of ketones is 1. The second kappa shape index (κ2) is 4.71. The Morgan fingerprint density at radius 1 is 1.12 bits per heavy atom. The molecule has 0 atom stereocenters. The minimum absolute atomic E-state index is 0.164. The van der Waals surface area contributed by atoms with E-state index in [0.29, 0.717) is 12.2 Å². The summed E-state index contributed by atoms with van der Waals surface area (Å²) in [5.41, 5.74) is 2.02. The third-order valence-corrected chi connectivity index (χ3v) is 2.88. The van der Waals surface area contributed by atoms with E-state index in [2.05, 4.69) is 37.8 Å². The van der Waals surface area contributed by atoms with E-state index in [1.54, 1.807) is 0 Å². The van der Waals surface area contributed by atoms with E-state index in [1.165, 1.54) is 10.9 Å². The molecule has 16 heavy (non-hydrogen) atoms. The summed E-state index contributed by atoms with van der Waals surface area (Å²) in [5, 5.41) is 2.30. The van der Waals surface area contributed by atoms with Gasteiger partial charge in [0, 0.05) is 12.0 Å². The van der Waals surface area contributed by atoms with Gasteiger partial charge in [-0.3, -0.25) is 4.79 Å². The van der Waals surface area contributed by atoms with E-state index < -0.39 is 0 Å². The molecule has 1 nitrogen and oxygen atoms in total. The number of thiol groups is 1. The lowest BCUT2D eigenvalue weighted by molar-refractivity contribution is 0.0990. The molecule has 0 bridgehead atoms. The van der Waals surface area contributed by atoms with Gasteiger partial charge in [-0.25, -0.2) is 0 Å². The van der Waals surface area contributed by atoms with Crippen molar-refractivity contribution in [1.29, 1.82) is 0 Å². The third-order valence-electron chi connectivity index (χ3n) is 2.66. The van der Waals surface area contributed by atoms with Crippen LogP contribution in [0.3, 0.4) is 0 Å². The number of rotatable bonds is 3. The summed E-state index contributed by atoms with van der Waals surface area (Å²) in [6.45, 7) is 2.07. The van der Waals surface area contributed by atoms with Gasteiger partial charge in [0.05, 0.1) is 0 Å². The van der Waals surface area contributed by atoms with E-state index in [-0.39, 0.29) is 5.78 Å². The van der Waals surface area contributed by atoms with Crippen molar-refractivity contribution >= 4 is 29.2 Å². The van der Waals surface area contributed by atoms with Crippen molar-refractivity contribution in [3.63, 3.8) is 0 Å². The Balaban J connectivity index is 2.44. The number of hydrogen-bond donors (Lipinski definition) is 1. The molecule has 0 heterocycles. The monoisotopic (exact) mass is 230 g/mol. The van der Waals surface area contributed by atoms with Gasteiger partial charge in [0.1, 0.15) is 0 Å². The number of carbonyl (C=O) groups is 1. The largest absolute Gasteiger partial charge is 0.294 e. The quantitative estimate of drug-likeness (QED) is 0.629. The summed E-state index contributed by atoms with van der Waals surface area (Å²) < 4.78 is 0. The summed E-state index contributed by atoms with van der Waals surface area (Å²) in [6.07, 6.45) is 0.500. The van der Waals surface area contributed by atoms with Crippen molar-refractivity contribution in [2.75, 3.05) is 5.75 Å². The number of Topliss-reactive ketones (excluding diaryl/α,β-unsaturated/α-hetero) is 1. The molecule has 0 N–H and O–H groups in total. The number of hydrogen-bond acceptors (Lipinski definition) is 2. The summed E-state index contributed by atoms with van der Waals surface area (Å²) in [7, 11) is 0. The van der Waals surface area contributed by atoms with Gasteiger partial charge in [-0.05, 0) is 29.5 Å². The van der Waals surface area contributed by atoms with Crippen molar-refractivity contribution in [3.05, 3.63) is 47.5 Å². The molecule has 0 saturated heterocycles. The van der Waals surface area contributed by atoms with Crippen molar-refractivity contribution in [3.8, 4) is 0 Å². The van der Waals surface area contributed by atoms with Gasteiger partial charge in [0.2, 0.25) is 0 Å². The number of fused-ring (bicyclic) bond motifs is 1. The summed E-state index contributed by atoms with van der Waals surface area (Å²) in [6, 6.07) is 12.1. The number of aryl methyl sites for hydroxylation is 1. The molecule has 0 saturated carbocycles. The average molecular weight is 230 g/mol. The molecule has 0 aromatic heterocycles. The molecular weight excluding hydrogens is 216 g/mol. The fraction of sp³-hybridized carbons (Fsp3) is 0.214. The number of carbonyl (C=O) groups excluding carboxylic acids is 1. The highest BCUT2D eigenvalue weighted by molar-refractivity contribution is 7.80. The van der Waals surface area contributed by atoms with Crippen LogP contribution in [0, 0.1) is 6.92 Å². The molecule has 2 heteroatoms. The first-order valence-corrected chi connectivity index (χ1v) is 5.98. The predicted octanol–water partition coefficient (Wildman–Crippen LogP) is 3.65. The summed E-state index contributed by atoms with van der Waals surface area (Å²) in [5.74, 6) is 0.766. The molecule has 0 amide bonds. The van der Waals surface area contributed by atoms with Gasteiger partial charge >= 0.3 is 0 Å². The molecule has 0 aliphatic heterocycles. The Hall–Kier alpha value is -1.28. The maximum Gasteiger partial charge on any atom is 0.163 e. The molecule has 0 spiro atoms. The van der Waals surface area contributed by atoms with Crippen molar-refractivity contribution < 1.29 is 4.79 Å². The van der Waals surface area contributed by atoms with E-state index >= 15 is 0 Å². The number of benzene rings is 2. The highest BCUT2D eigenvalue weighted by atomic mass is 32.1. The maximum absolute atomic E-state index is 11.7. The molecule has 0 aliphatic carbocycles. The Bertz CT molecular complexity index is 531. The predicted molar refractivity (Wildman–Crippen MR) is 71.5 cm³/mol. The Kier molecular flexibility index (Phi) is 3.30. The minimum Gasteiger partial charge on any atom is -0.294 e. The van der Waals surface area contributed by atoms with Crippen molar-refractivity contribution in [2.24, 2.45) is 0 Å². The van der Waals surface area contributed by atoms with Crippen LogP contribution in [0.5, 0.6) is 0 Å². The molecule has 2 aromatic carbocycles. The van der Waals surface area contributed by atoms with E-state index in [1.807, 2.05) is 18.2 Å². The average Bonchev–Trinajstić information content (AvgIpc) is 2.28. The van der Waals surface area contributed by atoms with Gasteiger partial charge in [-0.1, -0.05) is 35.9 Å². The van der Waals surface area contributed by atoms with E-state index in [4.69, 9.17) is 0 Å². The summed E-state index contributed by atoms with van der Waals surface area (Å²) >= 11 is 4.08. The maximum atomic E-state index is 11.7. The highest BCUT2D eigenvalue weighted by Crippen LogP contribution is 2.18. The minimum atomic E-state index is 0.164. The first-order chi connectivity index (χ1) is 7.70. The lowest BCUT2D eigenvalue weighted by Crippen LogP contribution is -1.99. The lowest BCUT2D eigenvalue weighted by Gasteiger charge is -2.03. The van der Waals surface area contributed by atoms with Crippen LogP contribution in [0.15, 0.2) is 36.4 Å². The zero-order chi connectivity index (χ0) is 11.5. The van der Waals surface area contributed by atoms with E-state index in [9.17, 15) is 4.79 Å². The molecule has 82 valence electrons. The molecule has 0 aliphatic rings. The molecule has 2 aromatic rings. The van der Waals surface area contributed by atoms with Crippen molar-refractivity contribution in [2.45, 2.75) is 13.3 Å². The highest BCUT2D eigenvalue weighted by Gasteiger charge is 2.05. The van der Waals surface area contributed by atoms with Crippen LogP contribution in [0.2, 0.25) is 0 Å². The zero-order valence-corrected chi connectivity index (χ0v) is 10.1. The lowest BCUT2D eigenvalue weighted by atomic mass is 10.0. The topological polar surface area (TPSA) is 17.1 Å². The van der Waals surface area contributed by atoms with Crippen LogP contribution in [0.1, 0.15) is 22.3 Å². The molecule has 0 radical (unpaired) electrons. The second-order valence-electron chi connectivity index (χ2n) is 3.96. The Labute approximate surface area is 101 Å². The molecular formula is C14H14OS. The van der Waals surface area contributed by atoms with Gasteiger partial charge in [0.25, 0.3) is 0 Å². The smallest absolute Gasteiger partial charge is 0.163 e. The van der Waals surface area contributed by atoms with Gasteiger partial charge in [0.15, 0.2) is 5.78 Å². The van der Waals surface area contributed by atoms with Crippen LogP contribution in [-0.4, -0.2) is 11.5 Å². The third kappa shape index (κ3) is 2.27. The first-order valence-electron chi connectivity index (χ1n) is 5.35. The first kappa shape index (κ1) is 11.2. The van der Waals surface area contributed by atoms with Crippen LogP contribution >= 0.6 is 12.6 Å². The normalized spacial score (nSPS) is 10.6. The van der Waals surface area contributed by atoms with Crippen LogP contribution in [0.4, 0.5) is 0 Å². The fourth-order valence-corrected chi connectivity index (χ4v) is 1.99.